The number of unbranched alkanes of at least 4 members (excludes halogenated alkanes) is 9. The summed E-state index contributed by atoms with van der Waals surface area (Å²) in [7, 11) is -4.50. The Bertz CT molecular complexity index is 609. The first-order chi connectivity index (χ1) is 15.4. The number of carbonyl (C=O) groups excluding carboxylic acids is 2. The van der Waals surface area contributed by atoms with Crippen molar-refractivity contribution in [3.8, 4) is 0 Å². The fourth-order valence-electron chi connectivity index (χ4n) is 2.95. The number of hydrogen-bond donors (Lipinski definition) is 1. The highest BCUT2D eigenvalue weighted by Gasteiger charge is 2.37. The highest BCUT2D eigenvalue weighted by Crippen LogP contribution is 2.13. The predicted molar refractivity (Wildman–Crippen MR) is 122 cm³/mol. The van der Waals surface area contributed by atoms with Gasteiger partial charge in [0.25, 0.3) is 10.1 Å². The number of carbonyl (C=O) groups is 2. The lowest BCUT2D eigenvalue weighted by Gasteiger charge is -2.14. The van der Waals surface area contributed by atoms with Crippen LogP contribution in [0, 0.1) is 0 Å². The Labute approximate surface area is 193 Å². The van der Waals surface area contributed by atoms with Crippen LogP contribution in [-0.2, 0) is 38.2 Å². The van der Waals surface area contributed by atoms with E-state index in [1.807, 2.05) is 0 Å². The highest BCUT2D eigenvalue weighted by atomic mass is 32.2. The van der Waals surface area contributed by atoms with E-state index in [1.54, 1.807) is 6.08 Å². The van der Waals surface area contributed by atoms with E-state index in [0.29, 0.717) is 26.1 Å². The van der Waals surface area contributed by atoms with E-state index in [0.717, 1.165) is 19.3 Å². The molecule has 0 heterocycles. The van der Waals surface area contributed by atoms with Crippen LogP contribution in [0.3, 0.4) is 0 Å². The van der Waals surface area contributed by atoms with Gasteiger partial charge >= 0.3 is 11.9 Å². The minimum atomic E-state index is -4.50. The van der Waals surface area contributed by atoms with E-state index in [2.05, 4.69) is 17.8 Å². The van der Waals surface area contributed by atoms with Gasteiger partial charge in [-0.2, -0.15) is 18.6 Å². The minimum Gasteiger partial charge on any atom is -0.466 e. The van der Waals surface area contributed by atoms with Gasteiger partial charge in [-0.3, -0.25) is 9.59 Å². The van der Waals surface area contributed by atoms with E-state index < -0.39 is 33.7 Å². The van der Waals surface area contributed by atoms with Crippen LogP contribution in [0.5, 0.6) is 0 Å². The molecular formula is C22H41NO8S. The lowest BCUT2D eigenvalue weighted by atomic mass is 10.1. The maximum atomic E-state index is 12.1. The molecule has 0 radical (unpaired) electrons. The molecule has 1 unspecified atom stereocenters. The van der Waals surface area contributed by atoms with Crippen LogP contribution in [0.4, 0.5) is 0 Å². The summed E-state index contributed by atoms with van der Waals surface area (Å²) in [5.41, 5.74) is 0. The largest absolute Gasteiger partial charge is 0.466 e. The second-order valence-electron chi connectivity index (χ2n) is 7.57. The molecule has 0 spiro atoms. The molecule has 0 aromatic heterocycles. The average Bonchev–Trinajstić information content (AvgIpc) is 2.77. The molecule has 0 aliphatic carbocycles. The molecule has 0 aromatic carbocycles. The van der Waals surface area contributed by atoms with Crippen LogP contribution < -0.4 is 5.90 Å². The first-order valence-corrected chi connectivity index (χ1v) is 13.0. The lowest BCUT2D eigenvalue weighted by molar-refractivity contribution is -0.150. The number of nitrogens with two attached hydrogens (primary N) is 1. The molecule has 9 nitrogen and oxygen atoms in total. The van der Waals surface area contributed by atoms with E-state index in [-0.39, 0.29) is 13.2 Å². The molecule has 0 fully saturated rings. The Balaban J connectivity index is 4.13. The molecular weight excluding hydrogens is 438 g/mol. The molecule has 0 saturated carbocycles. The zero-order chi connectivity index (χ0) is 24.1. The van der Waals surface area contributed by atoms with E-state index >= 15 is 0 Å². The second-order valence-corrected chi connectivity index (χ2v) is 9.32. The van der Waals surface area contributed by atoms with Crippen molar-refractivity contribution in [1.82, 2.24) is 0 Å². The fourth-order valence-corrected chi connectivity index (χ4v) is 3.73. The molecule has 0 rings (SSSR count). The van der Waals surface area contributed by atoms with E-state index in [9.17, 15) is 18.0 Å². The van der Waals surface area contributed by atoms with Crippen molar-refractivity contribution >= 4 is 22.1 Å². The smallest absolute Gasteiger partial charge is 0.327 e. The summed E-state index contributed by atoms with van der Waals surface area (Å²) in [6, 6.07) is 0. The van der Waals surface area contributed by atoms with Gasteiger partial charge < -0.3 is 14.2 Å². The zero-order valence-electron chi connectivity index (χ0n) is 19.4. The molecule has 0 aromatic rings. The predicted octanol–water partition coefficient (Wildman–Crippen LogP) is 3.57. The van der Waals surface area contributed by atoms with Crippen molar-refractivity contribution in [2.75, 3.05) is 26.4 Å². The molecule has 10 heteroatoms. The van der Waals surface area contributed by atoms with Gasteiger partial charge in [-0.05, 0) is 6.42 Å². The number of rotatable bonds is 22. The van der Waals surface area contributed by atoms with Crippen molar-refractivity contribution in [3.05, 3.63) is 12.7 Å². The second kappa shape index (κ2) is 20.1. The van der Waals surface area contributed by atoms with Gasteiger partial charge in [0.05, 0.1) is 32.8 Å². The maximum Gasteiger partial charge on any atom is 0.327 e. The van der Waals surface area contributed by atoms with Crippen LogP contribution in [0.25, 0.3) is 0 Å². The van der Waals surface area contributed by atoms with Crippen LogP contribution in [0.15, 0.2) is 12.7 Å². The number of esters is 2. The third-order valence-corrected chi connectivity index (χ3v) is 6.10. The Morgan fingerprint density at radius 2 is 1.44 bits per heavy atom. The van der Waals surface area contributed by atoms with Crippen molar-refractivity contribution in [3.63, 3.8) is 0 Å². The quantitative estimate of drug-likeness (QED) is 0.107. The first kappa shape index (κ1) is 30.5. The van der Waals surface area contributed by atoms with Crippen LogP contribution in [0.1, 0.15) is 84.0 Å². The number of hydrogen-bond acceptors (Lipinski definition) is 9. The SMILES string of the molecule is C=CCOCCCOC(=O)C(CC(=O)OCCCCCCCCCCCC)S(=O)(=O)ON. The fraction of sp³-hybridized carbons (Fsp3) is 0.818. The van der Waals surface area contributed by atoms with Gasteiger partial charge in [-0.1, -0.05) is 70.8 Å². The number of ether oxygens (including phenoxy) is 3. The topological polar surface area (TPSA) is 131 Å². The van der Waals surface area contributed by atoms with Crippen molar-refractivity contribution < 1.29 is 36.5 Å². The summed E-state index contributed by atoms with van der Waals surface area (Å²) in [6.45, 7) is 6.47. The van der Waals surface area contributed by atoms with Gasteiger partial charge in [-0.15, -0.1) is 6.58 Å². The zero-order valence-corrected chi connectivity index (χ0v) is 20.2. The maximum absolute atomic E-state index is 12.1. The molecule has 32 heavy (non-hydrogen) atoms. The molecule has 0 bridgehead atoms. The Morgan fingerprint density at radius 1 is 0.875 bits per heavy atom. The van der Waals surface area contributed by atoms with Crippen LogP contribution in [0.2, 0.25) is 0 Å². The molecule has 0 aliphatic rings. The van der Waals surface area contributed by atoms with E-state index in [1.165, 1.54) is 38.5 Å². The molecule has 0 amide bonds. The van der Waals surface area contributed by atoms with E-state index in [4.69, 9.17) is 20.1 Å². The average molecular weight is 480 g/mol. The van der Waals surface area contributed by atoms with Crippen LogP contribution in [-0.4, -0.2) is 52.0 Å². The standard InChI is InChI=1S/C22H41NO8S/c1-3-5-6-7-8-9-10-11-12-13-17-29-21(24)19-20(32(26,27)31-23)22(25)30-18-14-16-28-15-4-2/h4,20H,2-3,5-19,23H2,1H3. The molecule has 188 valence electrons. The Morgan fingerprint density at radius 3 is 2.00 bits per heavy atom. The minimum absolute atomic E-state index is 0.0692. The summed E-state index contributed by atoms with van der Waals surface area (Å²) >= 11 is 0. The monoisotopic (exact) mass is 479 g/mol. The Kier molecular flexibility index (Phi) is 19.2. The molecule has 0 aliphatic heterocycles. The van der Waals surface area contributed by atoms with Crippen molar-refractivity contribution in [2.24, 2.45) is 5.90 Å². The molecule has 2 N–H and O–H groups in total. The van der Waals surface area contributed by atoms with Gasteiger partial charge in [0.2, 0.25) is 0 Å². The third-order valence-electron chi connectivity index (χ3n) is 4.77. The van der Waals surface area contributed by atoms with Crippen LogP contribution >= 0.6 is 0 Å². The summed E-state index contributed by atoms with van der Waals surface area (Å²) in [5.74, 6) is 2.83. The van der Waals surface area contributed by atoms with Crippen molar-refractivity contribution in [1.29, 1.82) is 0 Å². The molecule has 1 atom stereocenters. The molecule has 0 saturated heterocycles. The first-order valence-electron chi connectivity index (χ1n) is 11.5. The van der Waals surface area contributed by atoms with Gasteiger partial charge in [0.1, 0.15) is 0 Å². The Hall–Kier alpha value is -1.49. The highest BCUT2D eigenvalue weighted by molar-refractivity contribution is 7.88. The normalized spacial score (nSPS) is 12.3. The lowest BCUT2D eigenvalue weighted by Crippen LogP contribution is -2.37. The summed E-state index contributed by atoms with van der Waals surface area (Å²) in [5, 5.41) is -1.87. The van der Waals surface area contributed by atoms with Gasteiger partial charge in [0, 0.05) is 6.42 Å². The third kappa shape index (κ3) is 16.2. The summed E-state index contributed by atoms with van der Waals surface area (Å²) in [4.78, 5) is 24.1. The summed E-state index contributed by atoms with van der Waals surface area (Å²) in [6.07, 6.45) is 12.6. The van der Waals surface area contributed by atoms with Gasteiger partial charge in [0.15, 0.2) is 5.25 Å². The van der Waals surface area contributed by atoms with Gasteiger partial charge in [-0.25, -0.2) is 0 Å². The summed E-state index contributed by atoms with van der Waals surface area (Å²) < 4.78 is 42.9. The van der Waals surface area contributed by atoms with Crippen molar-refractivity contribution in [2.45, 2.75) is 89.2 Å².